The van der Waals surface area contributed by atoms with Gasteiger partial charge in [-0.15, -0.1) is 0 Å². The van der Waals surface area contributed by atoms with E-state index in [1.807, 2.05) is 6.20 Å². The number of aromatic amines is 1. The average molecular weight is 244 g/mol. The highest BCUT2D eigenvalue weighted by molar-refractivity contribution is 5.03. The van der Waals surface area contributed by atoms with Crippen molar-refractivity contribution in [2.45, 2.75) is 38.6 Å². The van der Waals surface area contributed by atoms with Crippen molar-refractivity contribution in [3.05, 3.63) is 24.0 Å². The molecule has 2 nitrogen and oxygen atoms in total. The maximum atomic E-state index is 3.68. The van der Waals surface area contributed by atoms with Gasteiger partial charge in [-0.1, -0.05) is 0 Å². The van der Waals surface area contributed by atoms with Gasteiger partial charge in [0.1, 0.15) is 0 Å². The fraction of sp³-hybridized carbons (Fsp3) is 0.750. The Morgan fingerprint density at radius 3 is 2.39 bits per heavy atom. The minimum Gasteiger partial charge on any atom is -0.364 e. The molecule has 4 bridgehead atoms. The first kappa shape index (κ1) is 11.1. The summed E-state index contributed by atoms with van der Waals surface area (Å²) in [5.74, 6) is 5.29. The van der Waals surface area contributed by atoms with E-state index in [2.05, 4.69) is 22.4 Å². The molecule has 0 radical (unpaired) electrons. The second-order valence-corrected chi connectivity index (χ2v) is 6.92. The van der Waals surface area contributed by atoms with Crippen LogP contribution in [0.4, 0.5) is 0 Å². The van der Waals surface area contributed by atoms with Crippen molar-refractivity contribution in [1.29, 1.82) is 0 Å². The summed E-state index contributed by atoms with van der Waals surface area (Å²) in [6.07, 6.45) is 9.75. The van der Waals surface area contributed by atoms with Crippen LogP contribution in [0.25, 0.3) is 0 Å². The van der Waals surface area contributed by atoms with E-state index in [9.17, 15) is 0 Å². The Balaban J connectivity index is 1.35. The van der Waals surface area contributed by atoms with Gasteiger partial charge < -0.3 is 10.3 Å². The number of hydrogen-bond acceptors (Lipinski definition) is 1. The fourth-order valence-corrected chi connectivity index (χ4v) is 5.22. The number of aromatic nitrogens is 1. The predicted molar refractivity (Wildman–Crippen MR) is 73.0 cm³/mol. The maximum absolute atomic E-state index is 3.68. The van der Waals surface area contributed by atoms with E-state index in [0.29, 0.717) is 0 Å². The Labute approximate surface area is 110 Å². The topological polar surface area (TPSA) is 27.8 Å². The van der Waals surface area contributed by atoms with Crippen molar-refractivity contribution >= 4 is 0 Å². The second-order valence-electron chi connectivity index (χ2n) is 6.92. The van der Waals surface area contributed by atoms with Crippen LogP contribution in [0.2, 0.25) is 0 Å². The van der Waals surface area contributed by atoms with Gasteiger partial charge in [0.2, 0.25) is 0 Å². The zero-order chi connectivity index (χ0) is 11.9. The highest BCUT2D eigenvalue weighted by Gasteiger charge is 2.47. The zero-order valence-corrected chi connectivity index (χ0v) is 11.1. The van der Waals surface area contributed by atoms with E-state index in [1.165, 1.54) is 12.2 Å². The summed E-state index contributed by atoms with van der Waals surface area (Å²) in [4.78, 5) is 3.28. The molecule has 0 aliphatic heterocycles. The highest BCUT2D eigenvalue weighted by atomic mass is 14.9. The summed E-state index contributed by atoms with van der Waals surface area (Å²) in [6, 6.07) is 4.25. The van der Waals surface area contributed by atoms with Crippen LogP contribution in [0, 0.1) is 29.6 Å². The molecule has 1 heterocycles. The molecule has 2 heteroatoms. The molecule has 0 aromatic carbocycles. The first-order valence-electron chi connectivity index (χ1n) is 7.71. The first-order valence-corrected chi connectivity index (χ1v) is 7.71. The van der Waals surface area contributed by atoms with Crippen molar-refractivity contribution < 1.29 is 0 Å². The summed E-state index contributed by atoms with van der Waals surface area (Å²) in [5, 5.41) is 3.68. The summed E-state index contributed by atoms with van der Waals surface area (Å²) in [5.41, 5.74) is 1.32. The van der Waals surface area contributed by atoms with Crippen LogP contribution in [0.5, 0.6) is 0 Å². The lowest BCUT2D eigenvalue weighted by atomic mass is 9.52. The summed E-state index contributed by atoms with van der Waals surface area (Å²) < 4.78 is 0. The molecule has 0 amide bonds. The molecule has 1 aromatic rings. The van der Waals surface area contributed by atoms with E-state index < -0.39 is 0 Å². The maximum Gasteiger partial charge on any atom is 0.0357 e. The molecule has 4 aliphatic rings. The third kappa shape index (κ3) is 1.91. The summed E-state index contributed by atoms with van der Waals surface area (Å²) in [7, 11) is 0. The molecule has 4 fully saturated rings. The second kappa shape index (κ2) is 4.41. The van der Waals surface area contributed by atoms with E-state index in [0.717, 1.165) is 36.1 Å². The van der Waals surface area contributed by atoms with E-state index >= 15 is 0 Å². The molecule has 18 heavy (non-hydrogen) atoms. The predicted octanol–water partition coefficient (Wildman–Crippen LogP) is 3.18. The van der Waals surface area contributed by atoms with Gasteiger partial charge in [0.15, 0.2) is 0 Å². The smallest absolute Gasteiger partial charge is 0.0357 e. The van der Waals surface area contributed by atoms with Gasteiger partial charge in [0.25, 0.3) is 0 Å². The van der Waals surface area contributed by atoms with Gasteiger partial charge in [0.05, 0.1) is 0 Å². The Hall–Kier alpha value is -0.760. The Bertz CT molecular complexity index is 367. The largest absolute Gasteiger partial charge is 0.364 e. The molecule has 5 rings (SSSR count). The lowest BCUT2D eigenvalue weighted by Gasteiger charge is -2.54. The van der Waals surface area contributed by atoms with Crippen molar-refractivity contribution in [3.8, 4) is 0 Å². The molecular weight excluding hydrogens is 220 g/mol. The highest BCUT2D eigenvalue weighted by Crippen LogP contribution is 2.56. The third-order valence-corrected chi connectivity index (χ3v) is 5.78. The number of H-pyrrole nitrogens is 1. The monoisotopic (exact) mass is 244 g/mol. The summed E-state index contributed by atoms with van der Waals surface area (Å²) >= 11 is 0. The minimum atomic E-state index is 0.979. The standard InChI is InChI=1S/C16H24N2/c1-2-15(18-3-1)9-17-10-16-13-5-11-4-12(7-13)8-14(16)6-11/h1-3,11-14,16-18H,4-10H2. The zero-order valence-electron chi connectivity index (χ0n) is 11.1. The van der Waals surface area contributed by atoms with Crippen LogP contribution in [0.15, 0.2) is 18.3 Å². The minimum absolute atomic E-state index is 0.979. The Morgan fingerprint density at radius 2 is 1.78 bits per heavy atom. The van der Waals surface area contributed by atoms with Crippen LogP contribution in [0.3, 0.4) is 0 Å². The van der Waals surface area contributed by atoms with Crippen LogP contribution in [-0.2, 0) is 6.54 Å². The fourth-order valence-electron chi connectivity index (χ4n) is 5.22. The molecule has 0 spiro atoms. The van der Waals surface area contributed by atoms with Crippen LogP contribution < -0.4 is 5.32 Å². The lowest BCUT2D eigenvalue weighted by Crippen LogP contribution is -2.48. The normalized spacial score (nSPS) is 41.4. The van der Waals surface area contributed by atoms with Crippen LogP contribution in [-0.4, -0.2) is 11.5 Å². The molecule has 4 saturated carbocycles. The summed E-state index contributed by atoms with van der Waals surface area (Å²) in [6.45, 7) is 2.25. The molecule has 2 N–H and O–H groups in total. The van der Waals surface area contributed by atoms with Crippen molar-refractivity contribution in [3.63, 3.8) is 0 Å². The molecular formula is C16H24N2. The SMILES string of the molecule is c1c[nH]c(CNCC2C3CC4CC(C3)CC2C4)c1. The quantitative estimate of drug-likeness (QED) is 0.836. The van der Waals surface area contributed by atoms with E-state index in [-0.39, 0.29) is 0 Å². The first-order chi connectivity index (χ1) is 8.88. The van der Waals surface area contributed by atoms with Crippen molar-refractivity contribution in [2.24, 2.45) is 29.6 Å². The van der Waals surface area contributed by atoms with Crippen LogP contribution >= 0.6 is 0 Å². The average Bonchev–Trinajstić information content (AvgIpc) is 2.85. The Kier molecular flexibility index (Phi) is 2.72. The van der Waals surface area contributed by atoms with Crippen LogP contribution in [0.1, 0.15) is 37.8 Å². The molecule has 0 saturated heterocycles. The van der Waals surface area contributed by atoms with Gasteiger partial charge >= 0.3 is 0 Å². The van der Waals surface area contributed by atoms with Gasteiger partial charge in [-0.25, -0.2) is 0 Å². The Morgan fingerprint density at radius 1 is 1.06 bits per heavy atom. The molecule has 1 aromatic heterocycles. The van der Waals surface area contributed by atoms with E-state index in [1.54, 1.807) is 32.1 Å². The van der Waals surface area contributed by atoms with Gasteiger partial charge in [0, 0.05) is 18.4 Å². The molecule has 0 atom stereocenters. The number of nitrogens with one attached hydrogen (secondary N) is 2. The number of rotatable bonds is 4. The third-order valence-electron chi connectivity index (χ3n) is 5.78. The van der Waals surface area contributed by atoms with Crippen molar-refractivity contribution in [1.82, 2.24) is 10.3 Å². The molecule has 0 unspecified atom stereocenters. The lowest BCUT2D eigenvalue weighted by molar-refractivity contribution is -0.0355. The molecule has 98 valence electrons. The molecule has 4 aliphatic carbocycles. The van der Waals surface area contributed by atoms with Gasteiger partial charge in [-0.3, -0.25) is 0 Å². The van der Waals surface area contributed by atoms with Gasteiger partial charge in [-0.2, -0.15) is 0 Å². The van der Waals surface area contributed by atoms with E-state index in [4.69, 9.17) is 0 Å². The van der Waals surface area contributed by atoms with Crippen molar-refractivity contribution in [2.75, 3.05) is 6.54 Å². The van der Waals surface area contributed by atoms with Gasteiger partial charge in [-0.05, 0) is 80.4 Å². The number of hydrogen-bond donors (Lipinski definition) is 2.